The summed E-state index contributed by atoms with van der Waals surface area (Å²) in [6, 6.07) is 14.6. The van der Waals surface area contributed by atoms with Crippen LogP contribution in [-0.4, -0.2) is 32.0 Å². The molecule has 2 aromatic heterocycles. The van der Waals surface area contributed by atoms with Crippen LogP contribution in [0.5, 0.6) is 0 Å². The van der Waals surface area contributed by atoms with Gasteiger partial charge in [0, 0.05) is 16.6 Å². The molecule has 0 bridgehead atoms. The molecule has 1 fully saturated rings. The Morgan fingerprint density at radius 1 is 1.06 bits per heavy atom. The molecule has 1 aliphatic rings. The van der Waals surface area contributed by atoms with E-state index in [0.29, 0.717) is 23.3 Å². The molecule has 0 saturated carbocycles. The summed E-state index contributed by atoms with van der Waals surface area (Å²) in [6.45, 7) is 0.952. The van der Waals surface area contributed by atoms with Gasteiger partial charge in [0.05, 0.1) is 23.6 Å². The molecule has 1 aliphatic heterocycles. The van der Waals surface area contributed by atoms with Crippen LogP contribution in [0.2, 0.25) is 0 Å². The molecule has 9 heteroatoms. The monoisotopic (exact) mass is 482 g/mol. The summed E-state index contributed by atoms with van der Waals surface area (Å²) in [5.41, 5.74) is 0.610. The number of hydrogen-bond donors (Lipinski definition) is 0. The summed E-state index contributed by atoms with van der Waals surface area (Å²) in [6.07, 6.45) is 1.63. The van der Waals surface area contributed by atoms with E-state index in [-0.39, 0.29) is 30.6 Å². The molecule has 2 aromatic carbocycles. The van der Waals surface area contributed by atoms with Crippen molar-refractivity contribution < 1.29 is 9.26 Å². The molecule has 8 nitrogen and oxygen atoms in total. The molecular formula is C22H19BrN4O4. The number of hydrogen-bond acceptors (Lipinski definition) is 6. The second-order valence-electron chi connectivity index (χ2n) is 7.46. The second kappa shape index (κ2) is 8.24. The first-order chi connectivity index (χ1) is 15.1. The smallest absolute Gasteiger partial charge is 0.332 e. The molecule has 0 N–H and O–H groups in total. The number of fused-ring (bicyclic) bond motifs is 1. The average molecular weight is 483 g/mol. The molecule has 0 spiro atoms. The van der Waals surface area contributed by atoms with E-state index in [1.54, 1.807) is 24.3 Å². The minimum atomic E-state index is -0.414. The molecule has 1 saturated heterocycles. The van der Waals surface area contributed by atoms with Crippen molar-refractivity contribution in [3.8, 4) is 11.4 Å². The van der Waals surface area contributed by atoms with Gasteiger partial charge in [-0.25, -0.2) is 4.79 Å². The van der Waals surface area contributed by atoms with Crippen LogP contribution in [0.3, 0.4) is 0 Å². The first-order valence-corrected chi connectivity index (χ1v) is 10.8. The summed E-state index contributed by atoms with van der Waals surface area (Å²) in [7, 11) is 0. The van der Waals surface area contributed by atoms with E-state index >= 15 is 0 Å². The highest BCUT2D eigenvalue weighted by Crippen LogP contribution is 2.20. The zero-order chi connectivity index (χ0) is 21.4. The van der Waals surface area contributed by atoms with Crippen LogP contribution in [-0.2, 0) is 17.8 Å². The van der Waals surface area contributed by atoms with Gasteiger partial charge in [-0.05, 0) is 49.2 Å². The van der Waals surface area contributed by atoms with Gasteiger partial charge in [0.25, 0.3) is 5.56 Å². The lowest BCUT2D eigenvalue weighted by atomic mass is 10.2. The lowest BCUT2D eigenvalue weighted by molar-refractivity contribution is 0.0948. The highest BCUT2D eigenvalue weighted by Gasteiger charge is 2.21. The molecule has 31 heavy (non-hydrogen) atoms. The highest BCUT2D eigenvalue weighted by atomic mass is 79.9. The van der Waals surface area contributed by atoms with Gasteiger partial charge in [-0.1, -0.05) is 33.2 Å². The Morgan fingerprint density at radius 3 is 2.65 bits per heavy atom. The Balaban J connectivity index is 1.55. The molecule has 0 radical (unpaired) electrons. The molecule has 3 heterocycles. The van der Waals surface area contributed by atoms with Gasteiger partial charge in [-0.15, -0.1) is 0 Å². The van der Waals surface area contributed by atoms with E-state index in [1.807, 2.05) is 24.3 Å². The maximum atomic E-state index is 13.3. The minimum absolute atomic E-state index is 0.0642. The van der Waals surface area contributed by atoms with Crippen LogP contribution < -0.4 is 11.2 Å². The number of nitrogens with zero attached hydrogens (tertiary/aromatic N) is 4. The standard InChI is InChI=1S/C22H19BrN4O4/c23-15-9-7-14(8-10-15)20-24-19(31-25-20)13-26-18-6-2-1-5-17(18)21(28)27(22(26)29)12-16-4-3-11-30-16/h1-2,5-10,16H,3-4,11-13H2/t16-/m0/s1. The lowest BCUT2D eigenvalue weighted by Crippen LogP contribution is -2.42. The molecule has 0 aliphatic carbocycles. The Kier molecular flexibility index (Phi) is 5.29. The normalized spacial score (nSPS) is 16.2. The Bertz CT molecular complexity index is 1350. The molecule has 5 rings (SSSR count). The number of benzene rings is 2. The zero-order valence-corrected chi connectivity index (χ0v) is 18.1. The van der Waals surface area contributed by atoms with Crippen molar-refractivity contribution in [2.24, 2.45) is 0 Å². The summed E-state index contributed by atoms with van der Waals surface area (Å²) in [4.78, 5) is 30.7. The second-order valence-corrected chi connectivity index (χ2v) is 8.37. The summed E-state index contributed by atoms with van der Waals surface area (Å²) < 4.78 is 14.8. The number of halogens is 1. The van der Waals surface area contributed by atoms with Gasteiger partial charge >= 0.3 is 5.69 Å². The minimum Gasteiger partial charge on any atom is -0.376 e. The number of ether oxygens (including phenoxy) is 1. The number of aromatic nitrogens is 4. The van der Waals surface area contributed by atoms with Crippen molar-refractivity contribution in [2.75, 3.05) is 6.61 Å². The molecule has 0 amide bonds. The first-order valence-electron chi connectivity index (χ1n) is 10.0. The maximum absolute atomic E-state index is 13.3. The van der Waals surface area contributed by atoms with Crippen molar-refractivity contribution >= 4 is 26.8 Å². The van der Waals surface area contributed by atoms with Crippen LogP contribution in [0, 0.1) is 0 Å². The van der Waals surface area contributed by atoms with Crippen LogP contribution >= 0.6 is 15.9 Å². The summed E-state index contributed by atoms with van der Waals surface area (Å²) in [5.74, 6) is 0.722. The van der Waals surface area contributed by atoms with Crippen LogP contribution in [0.25, 0.3) is 22.3 Å². The topological polar surface area (TPSA) is 92.2 Å². The Morgan fingerprint density at radius 2 is 1.87 bits per heavy atom. The van der Waals surface area contributed by atoms with Gasteiger partial charge in [-0.3, -0.25) is 13.9 Å². The third kappa shape index (κ3) is 3.86. The van der Waals surface area contributed by atoms with Crippen molar-refractivity contribution in [3.05, 3.63) is 79.7 Å². The predicted molar refractivity (Wildman–Crippen MR) is 118 cm³/mol. The van der Waals surface area contributed by atoms with E-state index in [1.165, 1.54) is 9.13 Å². The molecular weight excluding hydrogens is 464 g/mol. The fourth-order valence-electron chi connectivity index (χ4n) is 3.85. The van der Waals surface area contributed by atoms with Crippen molar-refractivity contribution in [2.45, 2.75) is 32.0 Å². The van der Waals surface area contributed by atoms with Crippen molar-refractivity contribution in [1.82, 2.24) is 19.3 Å². The highest BCUT2D eigenvalue weighted by molar-refractivity contribution is 9.10. The summed E-state index contributed by atoms with van der Waals surface area (Å²) in [5, 5.41) is 4.51. The SMILES string of the molecule is O=c1c2ccccc2n(Cc2nc(-c3ccc(Br)cc3)no2)c(=O)n1C[C@@H]1CCCO1. The maximum Gasteiger partial charge on any atom is 0.332 e. The van der Waals surface area contributed by atoms with E-state index < -0.39 is 5.69 Å². The van der Waals surface area contributed by atoms with Gasteiger partial charge in [0.2, 0.25) is 11.7 Å². The molecule has 158 valence electrons. The van der Waals surface area contributed by atoms with Crippen LogP contribution in [0.1, 0.15) is 18.7 Å². The third-order valence-electron chi connectivity index (χ3n) is 5.41. The van der Waals surface area contributed by atoms with Crippen LogP contribution in [0.15, 0.2) is 67.1 Å². The van der Waals surface area contributed by atoms with Gasteiger partial charge < -0.3 is 9.26 Å². The third-order valence-corrected chi connectivity index (χ3v) is 5.93. The molecule has 1 atom stereocenters. The number of rotatable bonds is 5. The lowest BCUT2D eigenvalue weighted by Gasteiger charge is -2.15. The largest absolute Gasteiger partial charge is 0.376 e. The fourth-order valence-corrected chi connectivity index (χ4v) is 4.11. The molecule has 0 unspecified atom stereocenters. The number of para-hydroxylation sites is 1. The first kappa shape index (κ1) is 19.9. The van der Waals surface area contributed by atoms with Gasteiger partial charge in [-0.2, -0.15) is 4.98 Å². The summed E-state index contributed by atoms with van der Waals surface area (Å²) >= 11 is 3.40. The van der Waals surface area contributed by atoms with Crippen molar-refractivity contribution in [1.29, 1.82) is 0 Å². The van der Waals surface area contributed by atoms with E-state index in [0.717, 1.165) is 22.9 Å². The van der Waals surface area contributed by atoms with Crippen LogP contribution in [0.4, 0.5) is 0 Å². The van der Waals surface area contributed by atoms with Gasteiger partial charge in [0.1, 0.15) is 6.54 Å². The Hall–Kier alpha value is -3.04. The van der Waals surface area contributed by atoms with E-state index in [4.69, 9.17) is 9.26 Å². The average Bonchev–Trinajstić information content (AvgIpc) is 3.47. The van der Waals surface area contributed by atoms with E-state index in [9.17, 15) is 9.59 Å². The fraction of sp³-hybridized carbons (Fsp3) is 0.273. The zero-order valence-electron chi connectivity index (χ0n) is 16.5. The predicted octanol–water partition coefficient (Wildman–Crippen LogP) is 3.20. The van der Waals surface area contributed by atoms with E-state index in [2.05, 4.69) is 26.1 Å². The van der Waals surface area contributed by atoms with Gasteiger partial charge in [0.15, 0.2) is 0 Å². The van der Waals surface area contributed by atoms with Crippen molar-refractivity contribution in [3.63, 3.8) is 0 Å². The Labute approximate surface area is 185 Å². The molecule has 4 aromatic rings. The quantitative estimate of drug-likeness (QED) is 0.433.